The van der Waals surface area contributed by atoms with Gasteiger partial charge in [0.05, 0.1) is 17.7 Å². The highest BCUT2D eigenvalue weighted by Gasteiger charge is 2.29. The van der Waals surface area contributed by atoms with Crippen molar-refractivity contribution in [2.45, 2.75) is 23.8 Å². The summed E-state index contributed by atoms with van der Waals surface area (Å²) in [7, 11) is -1.97. The summed E-state index contributed by atoms with van der Waals surface area (Å²) in [5.74, 6) is 1.16. The van der Waals surface area contributed by atoms with Gasteiger partial charge in [-0.1, -0.05) is 23.7 Å². The molecule has 9 heteroatoms. The predicted octanol–water partition coefficient (Wildman–Crippen LogP) is 4.07. The molecule has 3 aromatic rings. The molecule has 1 fully saturated rings. The van der Waals surface area contributed by atoms with Gasteiger partial charge in [0, 0.05) is 35.9 Å². The summed E-state index contributed by atoms with van der Waals surface area (Å²) >= 11 is 5.96. The van der Waals surface area contributed by atoms with Crippen LogP contribution in [0.25, 0.3) is 11.3 Å². The Hall–Kier alpha value is -2.68. The van der Waals surface area contributed by atoms with E-state index in [1.54, 1.807) is 37.6 Å². The molecule has 1 aromatic heterocycles. The summed E-state index contributed by atoms with van der Waals surface area (Å²) in [6, 6.07) is 15.9. The molecule has 0 bridgehead atoms. The van der Waals surface area contributed by atoms with Crippen LogP contribution in [0.4, 0.5) is 5.95 Å². The molecule has 0 spiro atoms. The van der Waals surface area contributed by atoms with E-state index < -0.39 is 10.0 Å². The van der Waals surface area contributed by atoms with E-state index in [0.29, 0.717) is 42.7 Å². The van der Waals surface area contributed by atoms with E-state index in [1.165, 1.54) is 4.31 Å². The number of hydrogen-bond donors (Lipinski definition) is 1. The molecular formula is C22H23ClN4O3S. The molecule has 2 heterocycles. The number of hydrogen-bond acceptors (Lipinski definition) is 6. The maximum Gasteiger partial charge on any atom is 0.243 e. The number of sulfonamides is 1. The zero-order chi connectivity index (χ0) is 21.8. The molecule has 0 radical (unpaired) electrons. The van der Waals surface area contributed by atoms with Crippen LogP contribution in [-0.4, -0.2) is 48.9 Å². The number of aromatic nitrogens is 2. The summed E-state index contributed by atoms with van der Waals surface area (Å²) in [6.45, 7) is 0.867. The average molecular weight is 459 g/mol. The van der Waals surface area contributed by atoms with Crippen molar-refractivity contribution < 1.29 is 13.2 Å². The number of methoxy groups -OCH3 is 1. The quantitative estimate of drug-likeness (QED) is 0.599. The topological polar surface area (TPSA) is 84.4 Å². The molecule has 0 unspecified atom stereocenters. The van der Waals surface area contributed by atoms with Crippen LogP contribution >= 0.6 is 11.6 Å². The molecule has 1 aliphatic heterocycles. The molecule has 0 aliphatic carbocycles. The smallest absolute Gasteiger partial charge is 0.243 e. The molecule has 0 atom stereocenters. The molecule has 162 valence electrons. The normalized spacial score (nSPS) is 15.5. The number of benzene rings is 2. The SMILES string of the molecule is COc1ccc(S(=O)(=O)N2CCC(Nc3nccc(-c4ccc(Cl)cc4)n3)CC2)cc1. The lowest BCUT2D eigenvalue weighted by atomic mass is 10.1. The standard InChI is InChI=1S/C22H23ClN4O3S/c1-30-19-6-8-20(9-7-19)31(28,29)27-14-11-18(12-15-27)25-22-24-13-10-21(26-22)16-2-4-17(23)5-3-16/h2-10,13,18H,11-12,14-15H2,1H3,(H,24,25,26). The summed E-state index contributed by atoms with van der Waals surface area (Å²) in [5.41, 5.74) is 1.75. The van der Waals surface area contributed by atoms with Crippen LogP contribution in [0.2, 0.25) is 5.02 Å². The summed E-state index contributed by atoms with van der Waals surface area (Å²) in [6.07, 6.45) is 3.05. The number of halogens is 1. The number of nitrogens with one attached hydrogen (secondary N) is 1. The van der Waals surface area contributed by atoms with Gasteiger partial charge in [-0.3, -0.25) is 0 Å². The first-order valence-electron chi connectivity index (χ1n) is 9.95. The van der Waals surface area contributed by atoms with Gasteiger partial charge in [0.15, 0.2) is 0 Å². The van der Waals surface area contributed by atoms with Crippen molar-refractivity contribution in [3.63, 3.8) is 0 Å². The number of anilines is 1. The van der Waals surface area contributed by atoms with E-state index in [-0.39, 0.29) is 10.9 Å². The molecular weight excluding hydrogens is 436 g/mol. The first-order valence-corrected chi connectivity index (χ1v) is 11.8. The summed E-state index contributed by atoms with van der Waals surface area (Å²) in [5, 5.41) is 4.02. The van der Waals surface area contributed by atoms with E-state index in [2.05, 4.69) is 15.3 Å². The van der Waals surface area contributed by atoms with E-state index in [1.807, 2.05) is 30.3 Å². The Morgan fingerprint density at radius 1 is 1.03 bits per heavy atom. The van der Waals surface area contributed by atoms with Crippen molar-refractivity contribution in [2.24, 2.45) is 0 Å². The van der Waals surface area contributed by atoms with E-state index in [0.717, 1.165) is 11.3 Å². The van der Waals surface area contributed by atoms with Crippen LogP contribution in [0.15, 0.2) is 65.7 Å². The minimum Gasteiger partial charge on any atom is -0.497 e. The van der Waals surface area contributed by atoms with Crippen LogP contribution < -0.4 is 10.1 Å². The Bertz CT molecular complexity index is 1130. The number of piperidine rings is 1. The predicted molar refractivity (Wildman–Crippen MR) is 121 cm³/mol. The van der Waals surface area contributed by atoms with Gasteiger partial charge in [0.2, 0.25) is 16.0 Å². The molecule has 1 saturated heterocycles. The van der Waals surface area contributed by atoms with Gasteiger partial charge in [-0.25, -0.2) is 18.4 Å². The highest BCUT2D eigenvalue weighted by atomic mass is 35.5. The number of nitrogens with zero attached hydrogens (tertiary/aromatic N) is 3. The zero-order valence-electron chi connectivity index (χ0n) is 17.0. The first kappa shape index (κ1) is 21.5. The van der Waals surface area contributed by atoms with Crippen LogP contribution in [0.1, 0.15) is 12.8 Å². The Morgan fingerprint density at radius 3 is 2.35 bits per heavy atom. The van der Waals surface area contributed by atoms with Crippen molar-refractivity contribution in [3.05, 3.63) is 65.8 Å². The second-order valence-corrected chi connectivity index (χ2v) is 9.64. The minimum absolute atomic E-state index is 0.0998. The fourth-order valence-corrected chi connectivity index (χ4v) is 5.13. The van der Waals surface area contributed by atoms with E-state index in [9.17, 15) is 8.42 Å². The summed E-state index contributed by atoms with van der Waals surface area (Å²) in [4.78, 5) is 9.18. The fraction of sp³-hybridized carbons (Fsp3) is 0.273. The van der Waals surface area contributed by atoms with Gasteiger partial charge in [-0.2, -0.15) is 4.31 Å². The molecule has 0 saturated carbocycles. The number of rotatable bonds is 6. The number of ether oxygens (including phenoxy) is 1. The molecule has 7 nitrogen and oxygen atoms in total. The lowest BCUT2D eigenvalue weighted by Crippen LogP contribution is -2.42. The molecule has 0 amide bonds. The summed E-state index contributed by atoms with van der Waals surface area (Å²) < 4.78 is 32.4. The Balaban J connectivity index is 1.39. The first-order chi connectivity index (χ1) is 15.0. The molecule has 1 aliphatic rings. The Labute approximate surface area is 187 Å². The average Bonchev–Trinajstić information content (AvgIpc) is 2.80. The van der Waals surface area contributed by atoms with Gasteiger partial charge in [-0.05, 0) is 55.3 Å². The van der Waals surface area contributed by atoms with Gasteiger partial charge < -0.3 is 10.1 Å². The zero-order valence-corrected chi connectivity index (χ0v) is 18.6. The largest absolute Gasteiger partial charge is 0.497 e. The second kappa shape index (κ2) is 9.21. The highest BCUT2D eigenvalue weighted by molar-refractivity contribution is 7.89. The van der Waals surface area contributed by atoms with Crippen LogP contribution in [0, 0.1) is 0 Å². The van der Waals surface area contributed by atoms with Gasteiger partial charge in [-0.15, -0.1) is 0 Å². The lowest BCUT2D eigenvalue weighted by Gasteiger charge is -2.31. The maximum absolute atomic E-state index is 12.9. The van der Waals surface area contributed by atoms with Gasteiger partial charge >= 0.3 is 0 Å². The van der Waals surface area contributed by atoms with Crippen LogP contribution in [0.5, 0.6) is 5.75 Å². The Morgan fingerprint density at radius 2 is 1.71 bits per heavy atom. The van der Waals surface area contributed by atoms with Crippen molar-refractivity contribution >= 4 is 27.6 Å². The lowest BCUT2D eigenvalue weighted by molar-refractivity contribution is 0.329. The van der Waals surface area contributed by atoms with Crippen molar-refractivity contribution in [1.29, 1.82) is 0 Å². The third kappa shape index (κ3) is 4.98. The van der Waals surface area contributed by atoms with Crippen LogP contribution in [0.3, 0.4) is 0 Å². The third-order valence-corrected chi connectivity index (χ3v) is 7.44. The van der Waals surface area contributed by atoms with Gasteiger partial charge in [0.25, 0.3) is 0 Å². The Kier molecular flexibility index (Phi) is 6.41. The third-order valence-electron chi connectivity index (χ3n) is 5.28. The minimum atomic E-state index is -3.52. The molecule has 2 aromatic carbocycles. The van der Waals surface area contributed by atoms with E-state index >= 15 is 0 Å². The highest BCUT2D eigenvalue weighted by Crippen LogP contribution is 2.25. The molecule has 4 rings (SSSR count). The fourth-order valence-electron chi connectivity index (χ4n) is 3.53. The monoisotopic (exact) mass is 458 g/mol. The van der Waals surface area contributed by atoms with E-state index in [4.69, 9.17) is 16.3 Å². The molecule has 1 N–H and O–H groups in total. The van der Waals surface area contributed by atoms with Crippen molar-refractivity contribution in [3.8, 4) is 17.0 Å². The second-order valence-electron chi connectivity index (χ2n) is 7.27. The molecule has 31 heavy (non-hydrogen) atoms. The van der Waals surface area contributed by atoms with Crippen molar-refractivity contribution in [1.82, 2.24) is 14.3 Å². The maximum atomic E-state index is 12.9. The van der Waals surface area contributed by atoms with Gasteiger partial charge in [0.1, 0.15) is 5.75 Å². The van der Waals surface area contributed by atoms with Crippen molar-refractivity contribution in [2.75, 3.05) is 25.5 Å². The van der Waals surface area contributed by atoms with Crippen LogP contribution in [-0.2, 0) is 10.0 Å².